The molecule has 104 valence electrons. The van der Waals surface area contributed by atoms with E-state index < -0.39 is 0 Å². The molecule has 0 aliphatic rings. The zero-order valence-corrected chi connectivity index (χ0v) is 13.0. The van der Waals surface area contributed by atoms with Crippen LogP contribution in [0.1, 0.15) is 16.7 Å². The van der Waals surface area contributed by atoms with Crippen LogP contribution in [0.15, 0.2) is 48.5 Å². The maximum Gasteiger partial charge on any atom is 0.106 e. The Kier molecular flexibility index (Phi) is 4.74. The molecule has 0 heterocycles. The third-order valence-electron chi connectivity index (χ3n) is 3.22. The monoisotopic (exact) mass is 284 g/mol. The second-order valence-corrected chi connectivity index (χ2v) is 5.52. The quantitative estimate of drug-likeness (QED) is 0.865. The van der Waals surface area contributed by atoms with Crippen molar-refractivity contribution in [3.8, 4) is 0 Å². The Morgan fingerprint density at radius 3 is 2.15 bits per heavy atom. The van der Waals surface area contributed by atoms with Gasteiger partial charge in [-0.2, -0.15) is 0 Å². The van der Waals surface area contributed by atoms with E-state index >= 15 is 0 Å². The Labute approximate surface area is 126 Å². The van der Waals surface area contributed by atoms with Crippen molar-refractivity contribution in [2.75, 3.05) is 19.0 Å². The van der Waals surface area contributed by atoms with E-state index in [1.807, 2.05) is 14.1 Å². The zero-order valence-electron chi connectivity index (χ0n) is 12.2. The van der Waals surface area contributed by atoms with Crippen molar-refractivity contribution in [3.63, 3.8) is 0 Å². The summed E-state index contributed by atoms with van der Waals surface area (Å²) in [4.78, 5) is 2.86. The van der Waals surface area contributed by atoms with Crippen molar-refractivity contribution in [3.05, 3.63) is 65.2 Å². The Bertz CT molecular complexity index is 571. The highest BCUT2D eigenvalue weighted by atomic mass is 32.1. The number of anilines is 1. The normalized spacial score (nSPS) is 10.2. The van der Waals surface area contributed by atoms with Crippen molar-refractivity contribution in [2.24, 2.45) is 0 Å². The lowest BCUT2D eigenvalue weighted by Crippen LogP contribution is -2.21. The molecule has 2 rings (SSSR count). The molecule has 0 aromatic heterocycles. The number of nitrogens with one attached hydrogen (secondary N) is 1. The molecule has 2 aromatic rings. The summed E-state index contributed by atoms with van der Waals surface area (Å²) in [6.45, 7) is 2.85. The summed E-state index contributed by atoms with van der Waals surface area (Å²) in [6, 6.07) is 16.8. The van der Waals surface area contributed by atoms with Crippen LogP contribution < -0.4 is 10.2 Å². The van der Waals surface area contributed by atoms with E-state index in [4.69, 9.17) is 12.2 Å². The fraction of sp³-hybridized carbons (Fsp3) is 0.235. The smallest absolute Gasteiger partial charge is 0.106 e. The summed E-state index contributed by atoms with van der Waals surface area (Å²) >= 11 is 5.43. The standard InChI is InChI=1S/C17H20N2S/c1-13-4-6-14(7-5-13)12-18-17(20)15-8-10-16(11-9-15)19(2)3/h4-11H,12H2,1-3H3,(H,18,20). The van der Waals surface area contributed by atoms with Gasteiger partial charge in [0.15, 0.2) is 0 Å². The molecule has 0 saturated heterocycles. The molecule has 3 heteroatoms. The number of benzene rings is 2. The first-order valence-electron chi connectivity index (χ1n) is 6.67. The van der Waals surface area contributed by atoms with Crippen LogP contribution in [-0.2, 0) is 6.54 Å². The zero-order chi connectivity index (χ0) is 14.5. The molecule has 0 unspecified atom stereocenters. The van der Waals surface area contributed by atoms with Crippen LogP contribution in [0.5, 0.6) is 0 Å². The maximum absolute atomic E-state index is 5.43. The lowest BCUT2D eigenvalue weighted by atomic mass is 10.1. The van der Waals surface area contributed by atoms with Gasteiger partial charge < -0.3 is 10.2 Å². The van der Waals surface area contributed by atoms with Crippen LogP contribution in [0.2, 0.25) is 0 Å². The van der Waals surface area contributed by atoms with Crippen LogP contribution in [-0.4, -0.2) is 19.1 Å². The van der Waals surface area contributed by atoms with E-state index in [0.29, 0.717) is 0 Å². The minimum absolute atomic E-state index is 0.758. The molecule has 2 aromatic carbocycles. The molecule has 0 atom stereocenters. The molecule has 0 aliphatic carbocycles. The van der Waals surface area contributed by atoms with Gasteiger partial charge >= 0.3 is 0 Å². The first kappa shape index (κ1) is 14.5. The van der Waals surface area contributed by atoms with E-state index in [0.717, 1.165) is 17.1 Å². The predicted molar refractivity (Wildman–Crippen MR) is 90.5 cm³/mol. The van der Waals surface area contributed by atoms with Crippen LogP contribution in [0, 0.1) is 6.92 Å². The maximum atomic E-state index is 5.43. The number of thiocarbonyl (C=S) groups is 1. The second kappa shape index (κ2) is 6.53. The third kappa shape index (κ3) is 3.81. The summed E-state index contributed by atoms with van der Waals surface area (Å²) in [5.41, 5.74) is 4.74. The molecule has 1 N–H and O–H groups in total. The fourth-order valence-electron chi connectivity index (χ4n) is 1.90. The van der Waals surface area contributed by atoms with Gasteiger partial charge in [-0.15, -0.1) is 0 Å². The topological polar surface area (TPSA) is 15.3 Å². The van der Waals surface area contributed by atoms with Crippen molar-refractivity contribution in [1.82, 2.24) is 5.32 Å². The van der Waals surface area contributed by atoms with E-state index in [-0.39, 0.29) is 0 Å². The van der Waals surface area contributed by atoms with Gasteiger partial charge in [-0.25, -0.2) is 0 Å². The Balaban J connectivity index is 1.96. The molecule has 0 saturated carbocycles. The van der Waals surface area contributed by atoms with Gasteiger partial charge in [0.05, 0.1) is 0 Å². The molecule has 20 heavy (non-hydrogen) atoms. The fourth-order valence-corrected chi connectivity index (χ4v) is 2.11. The van der Waals surface area contributed by atoms with Gasteiger partial charge in [-0.05, 0) is 36.8 Å². The second-order valence-electron chi connectivity index (χ2n) is 5.11. The third-order valence-corrected chi connectivity index (χ3v) is 3.60. The SMILES string of the molecule is Cc1ccc(CNC(=S)c2ccc(N(C)C)cc2)cc1. The van der Waals surface area contributed by atoms with Crippen molar-refractivity contribution in [2.45, 2.75) is 13.5 Å². The first-order chi connectivity index (χ1) is 9.56. The number of rotatable bonds is 4. The minimum atomic E-state index is 0.758. The Morgan fingerprint density at radius 1 is 1.00 bits per heavy atom. The molecule has 0 aliphatic heterocycles. The Morgan fingerprint density at radius 2 is 1.60 bits per heavy atom. The van der Waals surface area contributed by atoms with E-state index in [1.165, 1.54) is 16.8 Å². The van der Waals surface area contributed by atoms with Crippen molar-refractivity contribution >= 4 is 22.9 Å². The van der Waals surface area contributed by atoms with Gasteiger partial charge in [0.25, 0.3) is 0 Å². The van der Waals surface area contributed by atoms with Gasteiger partial charge in [0.1, 0.15) is 4.99 Å². The van der Waals surface area contributed by atoms with E-state index in [1.54, 1.807) is 0 Å². The molecule has 0 radical (unpaired) electrons. The summed E-state index contributed by atoms with van der Waals surface area (Å²) in [6.07, 6.45) is 0. The summed E-state index contributed by atoms with van der Waals surface area (Å²) in [5.74, 6) is 0. The highest BCUT2D eigenvalue weighted by molar-refractivity contribution is 7.80. The number of hydrogen-bond donors (Lipinski definition) is 1. The Hall–Kier alpha value is -1.87. The first-order valence-corrected chi connectivity index (χ1v) is 7.08. The van der Waals surface area contributed by atoms with E-state index in [9.17, 15) is 0 Å². The van der Waals surface area contributed by atoms with Gasteiger partial charge in [-0.3, -0.25) is 0 Å². The average Bonchev–Trinajstić information content (AvgIpc) is 2.46. The molecular formula is C17H20N2S. The lowest BCUT2D eigenvalue weighted by molar-refractivity contribution is 0.928. The number of nitrogens with zero attached hydrogens (tertiary/aromatic N) is 1. The summed E-state index contributed by atoms with van der Waals surface area (Å²) < 4.78 is 0. The summed E-state index contributed by atoms with van der Waals surface area (Å²) in [5, 5.41) is 3.30. The highest BCUT2D eigenvalue weighted by Crippen LogP contribution is 2.12. The minimum Gasteiger partial charge on any atom is -0.378 e. The van der Waals surface area contributed by atoms with Crippen LogP contribution >= 0.6 is 12.2 Å². The summed E-state index contributed by atoms with van der Waals surface area (Å²) in [7, 11) is 4.06. The molecular weight excluding hydrogens is 264 g/mol. The van der Waals surface area contributed by atoms with Crippen LogP contribution in [0.25, 0.3) is 0 Å². The van der Waals surface area contributed by atoms with Crippen LogP contribution in [0.4, 0.5) is 5.69 Å². The largest absolute Gasteiger partial charge is 0.378 e. The number of aryl methyl sites for hydroxylation is 1. The highest BCUT2D eigenvalue weighted by Gasteiger charge is 2.02. The van der Waals surface area contributed by atoms with E-state index in [2.05, 4.69) is 65.7 Å². The van der Waals surface area contributed by atoms with Gasteiger partial charge in [0, 0.05) is 31.9 Å². The van der Waals surface area contributed by atoms with Crippen molar-refractivity contribution in [1.29, 1.82) is 0 Å². The molecule has 0 spiro atoms. The van der Waals surface area contributed by atoms with Gasteiger partial charge in [-0.1, -0.05) is 42.0 Å². The van der Waals surface area contributed by atoms with Crippen molar-refractivity contribution < 1.29 is 0 Å². The van der Waals surface area contributed by atoms with Gasteiger partial charge in [0.2, 0.25) is 0 Å². The molecule has 0 fully saturated rings. The molecule has 0 bridgehead atoms. The molecule has 2 nitrogen and oxygen atoms in total. The van der Waals surface area contributed by atoms with Crippen LogP contribution in [0.3, 0.4) is 0 Å². The lowest BCUT2D eigenvalue weighted by Gasteiger charge is -2.13. The molecule has 0 amide bonds. The predicted octanol–water partition coefficient (Wildman–Crippen LogP) is 3.53. The number of hydrogen-bond acceptors (Lipinski definition) is 2. The average molecular weight is 284 g/mol.